The van der Waals surface area contributed by atoms with Crippen molar-refractivity contribution in [2.75, 3.05) is 5.32 Å². The fourth-order valence-corrected chi connectivity index (χ4v) is 4.69. The molecule has 0 atom stereocenters. The van der Waals surface area contributed by atoms with E-state index in [1.807, 2.05) is 0 Å². The lowest BCUT2D eigenvalue weighted by Gasteiger charge is -2.53. The maximum absolute atomic E-state index is 12.9. The van der Waals surface area contributed by atoms with Crippen molar-refractivity contribution in [1.82, 2.24) is 19.7 Å². The molecule has 0 saturated heterocycles. The molecule has 1 aromatic carbocycles. The lowest BCUT2D eigenvalue weighted by atomic mass is 9.55. The van der Waals surface area contributed by atoms with Crippen LogP contribution in [0.2, 0.25) is 0 Å². The summed E-state index contributed by atoms with van der Waals surface area (Å²) in [6, 6.07) is 5.24. The van der Waals surface area contributed by atoms with Crippen LogP contribution in [0.25, 0.3) is 10.8 Å². The topological polar surface area (TPSA) is 99.0 Å². The number of anilines is 1. The van der Waals surface area contributed by atoms with Gasteiger partial charge in [0, 0.05) is 4.47 Å². The number of hydrogen-bond donors (Lipinski definition) is 1. The van der Waals surface area contributed by atoms with Crippen LogP contribution in [0.1, 0.15) is 32.1 Å². The molecule has 1 amide bonds. The van der Waals surface area contributed by atoms with Gasteiger partial charge in [0.2, 0.25) is 17.7 Å². The van der Waals surface area contributed by atoms with E-state index in [4.69, 9.17) is 4.74 Å². The number of hydrogen-bond acceptors (Lipinski definition) is 6. The molecule has 31 heavy (non-hydrogen) atoms. The average Bonchev–Trinajstić information content (AvgIpc) is 2.67. The first-order valence-corrected chi connectivity index (χ1v) is 10.8. The Bertz CT molecular complexity index is 1220. The maximum Gasteiger partial charge on any atom is 0.275 e. The van der Waals surface area contributed by atoms with Gasteiger partial charge in [0.25, 0.3) is 5.56 Å². The van der Waals surface area contributed by atoms with Crippen LogP contribution in [-0.4, -0.2) is 31.8 Å². The quantitative estimate of drug-likeness (QED) is 0.591. The van der Waals surface area contributed by atoms with Crippen LogP contribution in [-0.2, 0) is 11.3 Å². The Balaban J connectivity index is 1.41. The van der Waals surface area contributed by atoms with Gasteiger partial charge >= 0.3 is 0 Å². The first-order valence-electron chi connectivity index (χ1n) is 10.1. The second kappa shape index (κ2) is 7.67. The molecule has 160 valence electrons. The number of ether oxygens (including phenoxy) is 1. The molecule has 2 fully saturated rings. The van der Waals surface area contributed by atoms with Gasteiger partial charge in [-0.15, -0.1) is 5.10 Å². The van der Waals surface area contributed by atoms with Gasteiger partial charge in [-0.2, -0.15) is 0 Å². The van der Waals surface area contributed by atoms with Gasteiger partial charge in [-0.25, -0.2) is 19.0 Å². The van der Waals surface area contributed by atoms with Crippen LogP contribution in [0.5, 0.6) is 5.88 Å². The zero-order valence-electron chi connectivity index (χ0n) is 16.5. The summed E-state index contributed by atoms with van der Waals surface area (Å²) in [7, 11) is 0. The highest BCUT2D eigenvalue weighted by Crippen LogP contribution is 2.56. The number of halogens is 2. The molecule has 5 rings (SSSR count). The van der Waals surface area contributed by atoms with Crippen LogP contribution >= 0.6 is 15.9 Å². The summed E-state index contributed by atoms with van der Waals surface area (Å²) >= 11 is 3.43. The molecule has 10 heteroatoms. The Hall–Kier alpha value is -2.88. The Morgan fingerprint density at radius 2 is 2.00 bits per heavy atom. The van der Waals surface area contributed by atoms with E-state index < -0.39 is 17.3 Å². The van der Waals surface area contributed by atoms with E-state index in [9.17, 15) is 14.0 Å². The van der Waals surface area contributed by atoms with E-state index >= 15 is 0 Å². The van der Waals surface area contributed by atoms with E-state index in [1.54, 1.807) is 18.2 Å². The Kier molecular flexibility index (Phi) is 4.96. The minimum Gasteiger partial charge on any atom is -0.473 e. The largest absolute Gasteiger partial charge is 0.473 e. The fraction of sp³-hybridized carbons (Fsp3) is 0.381. The van der Waals surface area contributed by atoms with Crippen LogP contribution in [0, 0.1) is 11.2 Å². The molecule has 0 bridgehead atoms. The summed E-state index contributed by atoms with van der Waals surface area (Å²) in [5, 5.41) is 7.80. The molecule has 2 aliphatic rings. The second-order valence-corrected chi connectivity index (χ2v) is 9.15. The van der Waals surface area contributed by atoms with Gasteiger partial charge in [0.1, 0.15) is 12.6 Å². The van der Waals surface area contributed by atoms with Gasteiger partial charge in [0.15, 0.2) is 5.82 Å². The molecule has 8 nitrogen and oxygen atoms in total. The summed E-state index contributed by atoms with van der Waals surface area (Å²) in [5.41, 5.74) is 0.0268. The van der Waals surface area contributed by atoms with Crippen LogP contribution < -0.4 is 15.6 Å². The van der Waals surface area contributed by atoms with Crippen LogP contribution in [0.15, 0.2) is 39.9 Å². The molecule has 0 radical (unpaired) electrons. The number of nitrogens with one attached hydrogen (secondary N) is 1. The predicted molar refractivity (Wildman–Crippen MR) is 114 cm³/mol. The molecule has 2 saturated carbocycles. The molecule has 2 aromatic heterocycles. The first-order chi connectivity index (χ1) is 14.9. The van der Waals surface area contributed by atoms with E-state index in [-0.39, 0.29) is 18.6 Å². The summed E-state index contributed by atoms with van der Waals surface area (Å²) in [5.74, 6) is -0.888. The smallest absolute Gasteiger partial charge is 0.275 e. The molecular formula is C21H19BrFN5O3. The first kappa shape index (κ1) is 20.0. The molecule has 1 spiro atoms. The normalized spacial score (nSPS) is 17.2. The van der Waals surface area contributed by atoms with Crippen molar-refractivity contribution < 1.29 is 13.9 Å². The van der Waals surface area contributed by atoms with Crippen molar-refractivity contribution >= 4 is 38.6 Å². The van der Waals surface area contributed by atoms with Crippen molar-refractivity contribution in [3.63, 3.8) is 0 Å². The number of carbonyl (C=O) groups is 1. The van der Waals surface area contributed by atoms with E-state index in [1.165, 1.54) is 19.3 Å². The van der Waals surface area contributed by atoms with Crippen LogP contribution in [0.4, 0.5) is 10.3 Å². The van der Waals surface area contributed by atoms with Gasteiger partial charge in [-0.1, -0.05) is 22.4 Å². The van der Waals surface area contributed by atoms with Crippen molar-refractivity contribution in [2.24, 2.45) is 5.41 Å². The van der Waals surface area contributed by atoms with Gasteiger partial charge < -0.3 is 4.74 Å². The average molecular weight is 488 g/mol. The Labute approximate surface area is 185 Å². The standard InChI is InChI=1S/C21H19BrFN5O3/c22-12-2-3-15-16(6-12)18(31-14-7-21(8-14)4-1-5-21)27-28(19(15)30)11-17(29)26-20-24-9-13(23)10-25-20/h2-3,6,9-10,14H,1,4-5,7-8,11H2,(H,24,25,26,29). The molecule has 2 aliphatic carbocycles. The van der Waals surface area contributed by atoms with Crippen molar-refractivity contribution in [3.05, 3.63) is 51.2 Å². The SMILES string of the molecule is O=C(Cn1nc(OC2CC3(CCC3)C2)c2cc(Br)ccc2c1=O)Nc1ncc(F)cn1. The maximum atomic E-state index is 12.9. The third-order valence-corrected chi connectivity index (χ3v) is 6.56. The minimum absolute atomic E-state index is 0.0547. The number of carbonyl (C=O) groups excluding carboxylic acids is 1. The number of amides is 1. The number of benzene rings is 1. The van der Waals surface area contributed by atoms with E-state index in [0.29, 0.717) is 22.1 Å². The lowest BCUT2D eigenvalue weighted by molar-refractivity contribution is -0.117. The number of rotatable bonds is 5. The summed E-state index contributed by atoms with van der Waals surface area (Å²) in [6.45, 7) is -0.351. The molecule has 0 unspecified atom stereocenters. The zero-order chi connectivity index (χ0) is 21.6. The number of aromatic nitrogens is 4. The predicted octanol–water partition coefficient (Wildman–Crippen LogP) is 3.44. The summed E-state index contributed by atoms with van der Waals surface area (Å²) < 4.78 is 21.0. The van der Waals surface area contributed by atoms with Gasteiger partial charge in [0.05, 0.1) is 23.2 Å². The molecular weight excluding hydrogens is 469 g/mol. The van der Waals surface area contributed by atoms with Crippen LogP contribution in [0.3, 0.4) is 0 Å². The molecule has 0 aliphatic heterocycles. The third-order valence-electron chi connectivity index (χ3n) is 6.07. The highest BCUT2D eigenvalue weighted by atomic mass is 79.9. The van der Waals surface area contributed by atoms with E-state index in [0.717, 1.165) is 34.4 Å². The zero-order valence-corrected chi connectivity index (χ0v) is 18.1. The van der Waals surface area contributed by atoms with Gasteiger partial charge in [-0.05, 0) is 49.3 Å². The Morgan fingerprint density at radius 1 is 1.26 bits per heavy atom. The highest BCUT2D eigenvalue weighted by molar-refractivity contribution is 9.10. The molecule has 1 N–H and O–H groups in total. The number of nitrogens with zero attached hydrogens (tertiary/aromatic N) is 4. The fourth-order valence-electron chi connectivity index (χ4n) is 4.33. The number of fused-ring (bicyclic) bond motifs is 1. The second-order valence-electron chi connectivity index (χ2n) is 8.23. The highest BCUT2D eigenvalue weighted by Gasteiger charge is 2.49. The third kappa shape index (κ3) is 3.91. The van der Waals surface area contributed by atoms with Crippen molar-refractivity contribution in [2.45, 2.75) is 44.8 Å². The summed E-state index contributed by atoms with van der Waals surface area (Å²) in [4.78, 5) is 32.7. The van der Waals surface area contributed by atoms with Gasteiger partial charge in [-0.3, -0.25) is 14.9 Å². The van der Waals surface area contributed by atoms with E-state index in [2.05, 4.69) is 36.3 Å². The van der Waals surface area contributed by atoms with Crippen molar-refractivity contribution in [1.29, 1.82) is 0 Å². The molecule has 2 heterocycles. The van der Waals surface area contributed by atoms with Crippen molar-refractivity contribution in [3.8, 4) is 5.88 Å². The lowest BCUT2D eigenvalue weighted by Crippen LogP contribution is -2.48. The molecule has 3 aromatic rings. The minimum atomic E-state index is -0.613. The Morgan fingerprint density at radius 3 is 2.68 bits per heavy atom. The summed E-state index contributed by atoms with van der Waals surface area (Å²) in [6.07, 6.45) is 7.70. The monoisotopic (exact) mass is 487 g/mol.